The fourth-order valence-electron chi connectivity index (χ4n) is 2.44. The van der Waals surface area contributed by atoms with Crippen LogP contribution >= 0.6 is 0 Å². The van der Waals surface area contributed by atoms with Crippen LogP contribution in [-0.2, 0) is 11.3 Å². The minimum absolute atomic E-state index is 0.0683. The van der Waals surface area contributed by atoms with Gasteiger partial charge in [-0.15, -0.1) is 0 Å². The summed E-state index contributed by atoms with van der Waals surface area (Å²) in [6.07, 6.45) is 6.41. The summed E-state index contributed by atoms with van der Waals surface area (Å²) in [5, 5.41) is 16.4. The van der Waals surface area contributed by atoms with Crippen molar-refractivity contribution >= 4 is 5.91 Å². The molecule has 1 aromatic heterocycles. The Morgan fingerprint density at radius 2 is 2.39 bits per heavy atom. The summed E-state index contributed by atoms with van der Waals surface area (Å²) in [6, 6.07) is 2.06. The van der Waals surface area contributed by atoms with E-state index >= 15 is 0 Å². The summed E-state index contributed by atoms with van der Waals surface area (Å²) in [4.78, 5) is 11.8. The lowest BCUT2D eigenvalue weighted by Gasteiger charge is -2.37. The molecule has 2 rings (SSSR count). The number of amides is 1. The third kappa shape index (κ3) is 3.32. The Bertz CT molecular complexity index is 372. The number of hydrogen-bond donors (Lipinski definition) is 2. The second-order valence-corrected chi connectivity index (χ2v) is 4.99. The molecule has 0 radical (unpaired) electrons. The maximum absolute atomic E-state index is 11.8. The fraction of sp³-hybridized carbons (Fsp3) is 0.692. The van der Waals surface area contributed by atoms with E-state index in [4.69, 9.17) is 0 Å². The Kier molecular flexibility index (Phi) is 4.36. The summed E-state index contributed by atoms with van der Waals surface area (Å²) >= 11 is 0. The molecule has 0 aromatic carbocycles. The van der Waals surface area contributed by atoms with Gasteiger partial charge in [-0.25, -0.2) is 0 Å². The van der Waals surface area contributed by atoms with Crippen LogP contribution in [-0.4, -0.2) is 32.9 Å². The standard InChI is InChI=1S/C13H21N3O2/c1-2-12(10-8-11(17)9-10)15-13(18)4-7-16-6-3-5-14-16/h3,5-6,10-12,17H,2,4,7-9H2,1H3,(H,15,18)/t10?,11?,12-/m0/s1. The first kappa shape index (κ1) is 13.1. The highest BCUT2D eigenvalue weighted by Gasteiger charge is 2.33. The molecular formula is C13H21N3O2. The van der Waals surface area contributed by atoms with Crippen molar-refractivity contribution in [1.29, 1.82) is 0 Å². The molecule has 100 valence electrons. The van der Waals surface area contributed by atoms with Gasteiger partial charge >= 0.3 is 0 Å². The fourth-order valence-corrected chi connectivity index (χ4v) is 2.44. The third-order valence-electron chi connectivity index (χ3n) is 3.63. The van der Waals surface area contributed by atoms with Gasteiger partial charge in [-0.3, -0.25) is 9.48 Å². The van der Waals surface area contributed by atoms with Gasteiger partial charge in [-0.05, 0) is 31.2 Å². The first-order valence-corrected chi connectivity index (χ1v) is 6.64. The number of hydrogen-bond acceptors (Lipinski definition) is 3. The van der Waals surface area contributed by atoms with Crippen LogP contribution in [0.1, 0.15) is 32.6 Å². The van der Waals surface area contributed by atoms with Crippen LogP contribution in [0.25, 0.3) is 0 Å². The van der Waals surface area contributed by atoms with Gasteiger partial charge in [0.25, 0.3) is 0 Å². The van der Waals surface area contributed by atoms with Gasteiger partial charge in [-0.1, -0.05) is 6.92 Å². The molecule has 1 aliphatic rings. The SMILES string of the molecule is CC[C@H](NC(=O)CCn1cccn1)C1CC(O)C1. The average Bonchev–Trinajstić information content (AvgIpc) is 2.83. The first-order valence-electron chi connectivity index (χ1n) is 6.64. The normalized spacial score (nSPS) is 24.3. The van der Waals surface area contributed by atoms with E-state index in [1.807, 2.05) is 12.3 Å². The van der Waals surface area contributed by atoms with E-state index in [0.717, 1.165) is 19.3 Å². The number of aliphatic hydroxyl groups excluding tert-OH is 1. The summed E-state index contributed by atoms with van der Waals surface area (Å²) in [7, 11) is 0. The van der Waals surface area contributed by atoms with E-state index < -0.39 is 0 Å². The lowest BCUT2D eigenvalue weighted by Crippen LogP contribution is -2.46. The zero-order chi connectivity index (χ0) is 13.0. The van der Waals surface area contributed by atoms with Crippen LogP contribution in [0.5, 0.6) is 0 Å². The molecule has 1 fully saturated rings. The number of aliphatic hydroxyl groups is 1. The van der Waals surface area contributed by atoms with Gasteiger partial charge in [0.05, 0.1) is 6.10 Å². The quantitative estimate of drug-likeness (QED) is 0.790. The van der Waals surface area contributed by atoms with Crippen molar-refractivity contribution in [2.45, 2.75) is 51.3 Å². The molecule has 5 heteroatoms. The van der Waals surface area contributed by atoms with Crippen molar-refractivity contribution in [2.24, 2.45) is 5.92 Å². The summed E-state index contributed by atoms with van der Waals surface area (Å²) in [5.41, 5.74) is 0. The predicted molar refractivity (Wildman–Crippen MR) is 67.8 cm³/mol. The summed E-state index contributed by atoms with van der Waals surface area (Å²) in [5.74, 6) is 0.511. The molecule has 1 aliphatic carbocycles. The minimum atomic E-state index is -0.162. The summed E-state index contributed by atoms with van der Waals surface area (Å²) in [6.45, 7) is 2.69. The maximum atomic E-state index is 11.8. The Morgan fingerprint density at radius 1 is 1.61 bits per heavy atom. The predicted octanol–water partition coefficient (Wildman–Crippen LogP) is 0.939. The van der Waals surface area contributed by atoms with E-state index in [1.54, 1.807) is 10.9 Å². The number of carbonyl (C=O) groups is 1. The van der Waals surface area contributed by atoms with Crippen LogP contribution in [0.3, 0.4) is 0 Å². The van der Waals surface area contributed by atoms with Gasteiger partial charge in [0, 0.05) is 31.4 Å². The van der Waals surface area contributed by atoms with Crippen LogP contribution in [0.2, 0.25) is 0 Å². The smallest absolute Gasteiger partial charge is 0.222 e. The van der Waals surface area contributed by atoms with Gasteiger partial charge in [0.2, 0.25) is 5.91 Å². The van der Waals surface area contributed by atoms with Crippen molar-refractivity contribution in [2.75, 3.05) is 0 Å². The van der Waals surface area contributed by atoms with Gasteiger partial charge in [-0.2, -0.15) is 5.10 Å². The van der Waals surface area contributed by atoms with Gasteiger partial charge < -0.3 is 10.4 Å². The number of rotatable bonds is 6. The zero-order valence-electron chi connectivity index (χ0n) is 10.7. The van der Waals surface area contributed by atoms with Crippen LogP contribution in [0, 0.1) is 5.92 Å². The lowest BCUT2D eigenvalue weighted by atomic mass is 9.76. The van der Waals surface area contributed by atoms with Crippen LogP contribution in [0.15, 0.2) is 18.5 Å². The van der Waals surface area contributed by atoms with Crippen molar-refractivity contribution in [1.82, 2.24) is 15.1 Å². The van der Waals surface area contributed by atoms with E-state index in [2.05, 4.69) is 17.3 Å². The molecule has 0 bridgehead atoms. The average molecular weight is 251 g/mol. The minimum Gasteiger partial charge on any atom is -0.393 e. The second kappa shape index (κ2) is 6.00. The highest BCUT2D eigenvalue weighted by atomic mass is 16.3. The number of aromatic nitrogens is 2. The molecule has 1 atom stereocenters. The monoisotopic (exact) mass is 251 g/mol. The maximum Gasteiger partial charge on any atom is 0.222 e. The van der Waals surface area contributed by atoms with E-state index in [9.17, 15) is 9.90 Å². The number of nitrogens with zero attached hydrogens (tertiary/aromatic N) is 2. The lowest BCUT2D eigenvalue weighted by molar-refractivity contribution is -0.123. The number of aryl methyl sites for hydroxylation is 1. The molecule has 0 spiro atoms. The molecule has 0 aliphatic heterocycles. The highest BCUT2D eigenvalue weighted by molar-refractivity contribution is 5.76. The van der Waals surface area contributed by atoms with E-state index in [-0.39, 0.29) is 18.1 Å². The molecule has 1 heterocycles. The molecule has 2 N–H and O–H groups in total. The second-order valence-electron chi connectivity index (χ2n) is 4.99. The Balaban J connectivity index is 1.72. The number of carbonyl (C=O) groups excluding carboxylic acids is 1. The molecule has 1 aromatic rings. The van der Waals surface area contributed by atoms with Crippen molar-refractivity contribution < 1.29 is 9.90 Å². The topological polar surface area (TPSA) is 67.2 Å². The van der Waals surface area contributed by atoms with Crippen molar-refractivity contribution in [3.63, 3.8) is 0 Å². The van der Waals surface area contributed by atoms with Crippen LogP contribution < -0.4 is 5.32 Å². The molecule has 0 saturated heterocycles. The first-order chi connectivity index (χ1) is 8.69. The molecule has 18 heavy (non-hydrogen) atoms. The van der Waals surface area contributed by atoms with Crippen molar-refractivity contribution in [3.8, 4) is 0 Å². The van der Waals surface area contributed by atoms with E-state index in [1.165, 1.54) is 0 Å². The summed E-state index contributed by atoms with van der Waals surface area (Å²) < 4.78 is 1.76. The Morgan fingerprint density at radius 3 is 2.94 bits per heavy atom. The molecular weight excluding hydrogens is 230 g/mol. The van der Waals surface area contributed by atoms with E-state index in [0.29, 0.717) is 18.9 Å². The Labute approximate surface area is 107 Å². The van der Waals surface area contributed by atoms with Gasteiger partial charge in [0.1, 0.15) is 0 Å². The highest BCUT2D eigenvalue weighted by Crippen LogP contribution is 2.31. The molecule has 1 amide bonds. The molecule has 0 unspecified atom stereocenters. The zero-order valence-corrected chi connectivity index (χ0v) is 10.7. The van der Waals surface area contributed by atoms with Gasteiger partial charge in [0.15, 0.2) is 0 Å². The van der Waals surface area contributed by atoms with Crippen LogP contribution in [0.4, 0.5) is 0 Å². The number of nitrogens with one attached hydrogen (secondary N) is 1. The van der Waals surface area contributed by atoms with Crippen molar-refractivity contribution in [3.05, 3.63) is 18.5 Å². The third-order valence-corrected chi connectivity index (χ3v) is 3.63. The molecule has 1 saturated carbocycles. The largest absolute Gasteiger partial charge is 0.393 e. The molecule has 5 nitrogen and oxygen atoms in total. The Hall–Kier alpha value is -1.36.